The largest absolute Gasteiger partial charge is 0.370 e. The smallest absolute Gasteiger partial charge is 0.191 e. The van der Waals surface area contributed by atoms with Gasteiger partial charge in [0.2, 0.25) is 0 Å². The molecule has 0 saturated heterocycles. The highest BCUT2D eigenvalue weighted by molar-refractivity contribution is 5.79. The third-order valence-corrected chi connectivity index (χ3v) is 3.47. The maximum absolute atomic E-state index is 4.62. The Morgan fingerprint density at radius 2 is 1.75 bits per heavy atom. The maximum atomic E-state index is 4.62. The SMILES string of the molecule is CCNC(=NCc1ccccc1)NCCCCNc1ccccn1. The molecule has 1 aromatic carbocycles. The van der Waals surface area contributed by atoms with E-state index in [2.05, 4.69) is 45.0 Å². The van der Waals surface area contributed by atoms with E-state index in [0.717, 1.165) is 44.3 Å². The molecule has 5 nitrogen and oxygen atoms in total. The van der Waals surface area contributed by atoms with Gasteiger partial charge in [-0.1, -0.05) is 36.4 Å². The molecule has 0 amide bonds. The zero-order valence-corrected chi connectivity index (χ0v) is 14.3. The summed E-state index contributed by atoms with van der Waals surface area (Å²) in [5, 5.41) is 9.99. The number of aliphatic imine (C=N–C) groups is 1. The van der Waals surface area contributed by atoms with Gasteiger partial charge in [0, 0.05) is 25.8 Å². The Bertz CT molecular complexity index is 583. The molecule has 0 bridgehead atoms. The summed E-state index contributed by atoms with van der Waals surface area (Å²) in [4.78, 5) is 8.86. The van der Waals surface area contributed by atoms with Crippen LogP contribution in [-0.4, -0.2) is 30.6 Å². The number of guanidine groups is 1. The van der Waals surface area contributed by atoms with Gasteiger partial charge in [-0.15, -0.1) is 0 Å². The Hall–Kier alpha value is -2.56. The van der Waals surface area contributed by atoms with Crippen molar-refractivity contribution in [1.82, 2.24) is 15.6 Å². The fourth-order valence-electron chi connectivity index (χ4n) is 2.24. The highest BCUT2D eigenvalue weighted by atomic mass is 15.2. The van der Waals surface area contributed by atoms with Gasteiger partial charge in [-0.05, 0) is 37.5 Å². The van der Waals surface area contributed by atoms with Crippen molar-refractivity contribution in [2.45, 2.75) is 26.3 Å². The number of rotatable bonds is 9. The molecule has 1 aromatic heterocycles. The first-order valence-corrected chi connectivity index (χ1v) is 8.59. The van der Waals surface area contributed by atoms with E-state index in [1.54, 1.807) is 6.20 Å². The number of hydrogen-bond acceptors (Lipinski definition) is 3. The highest BCUT2D eigenvalue weighted by Gasteiger charge is 1.97. The highest BCUT2D eigenvalue weighted by Crippen LogP contribution is 2.01. The van der Waals surface area contributed by atoms with Crippen LogP contribution >= 0.6 is 0 Å². The Morgan fingerprint density at radius 3 is 2.50 bits per heavy atom. The Balaban J connectivity index is 1.64. The lowest BCUT2D eigenvalue weighted by molar-refractivity contribution is 0.712. The number of nitrogens with zero attached hydrogens (tertiary/aromatic N) is 2. The van der Waals surface area contributed by atoms with E-state index < -0.39 is 0 Å². The van der Waals surface area contributed by atoms with Crippen LogP contribution in [0.4, 0.5) is 5.82 Å². The molecule has 0 atom stereocenters. The minimum absolute atomic E-state index is 0.692. The first kappa shape index (κ1) is 17.8. The molecule has 2 rings (SSSR count). The van der Waals surface area contributed by atoms with Crippen LogP contribution in [0.3, 0.4) is 0 Å². The van der Waals surface area contributed by atoms with Gasteiger partial charge in [0.15, 0.2) is 5.96 Å². The fourth-order valence-corrected chi connectivity index (χ4v) is 2.24. The van der Waals surface area contributed by atoms with Gasteiger partial charge in [-0.2, -0.15) is 0 Å². The normalized spacial score (nSPS) is 11.1. The van der Waals surface area contributed by atoms with Crippen LogP contribution in [0.2, 0.25) is 0 Å². The molecular formula is C19H27N5. The lowest BCUT2D eigenvalue weighted by Gasteiger charge is -2.11. The van der Waals surface area contributed by atoms with Gasteiger partial charge < -0.3 is 16.0 Å². The van der Waals surface area contributed by atoms with Crippen LogP contribution in [0.1, 0.15) is 25.3 Å². The predicted molar refractivity (Wildman–Crippen MR) is 101 cm³/mol. The Kier molecular flexibility index (Phi) is 8.19. The van der Waals surface area contributed by atoms with E-state index in [1.165, 1.54) is 5.56 Å². The molecule has 1 heterocycles. The molecule has 128 valence electrons. The van der Waals surface area contributed by atoms with Gasteiger partial charge >= 0.3 is 0 Å². The van der Waals surface area contributed by atoms with Crippen molar-refractivity contribution >= 4 is 11.8 Å². The molecule has 5 heteroatoms. The van der Waals surface area contributed by atoms with E-state index in [0.29, 0.717) is 6.54 Å². The molecule has 0 saturated carbocycles. The summed E-state index contributed by atoms with van der Waals surface area (Å²) in [5.74, 6) is 1.81. The molecule has 2 aromatic rings. The predicted octanol–water partition coefficient (Wildman–Crippen LogP) is 3.03. The Labute approximate surface area is 144 Å². The summed E-state index contributed by atoms with van der Waals surface area (Å²) in [6.45, 7) is 5.47. The van der Waals surface area contributed by atoms with Crippen LogP contribution in [0.5, 0.6) is 0 Å². The van der Waals surface area contributed by atoms with Gasteiger partial charge in [0.25, 0.3) is 0 Å². The lowest BCUT2D eigenvalue weighted by Crippen LogP contribution is -2.37. The number of unbranched alkanes of at least 4 members (excludes halogenated alkanes) is 1. The average molecular weight is 325 g/mol. The van der Waals surface area contributed by atoms with Crippen molar-refractivity contribution < 1.29 is 0 Å². The summed E-state index contributed by atoms with van der Waals surface area (Å²) < 4.78 is 0. The van der Waals surface area contributed by atoms with E-state index in [-0.39, 0.29) is 0 Å². The molecule has 0 unspecified atom stereocenters. The molecular weight excluding hydrogens is 298 g/mol. The minimum atomic E-state index is 0.692. The standard InChI is InChI=1S/C19H27N5/c1-2-20-19(24-16-17-10-4-3-5-11-17)23-15-9-8-14-22-18-12-6-7-13-21-18/h3-7,10-13H,2,8-9,14-16H2,1H3,(H,21,22)(H2,20,23,24). The molecule has 0 aliphatic carbocycles. The van der Waals surface area contributed by atoms with E-state index in [4.69, 9.17) is 0 Å². The zero-order valence-electron chi connectivity index (χ0n) is 14.3. The average Bonchev–Trinajstić information content (AvgIpc) is 2.64. The molecule has 0 radical (unpaired) electrons. The molecule has 24 heavy (non-hydrogen) atoms. The van der Waals surface area contributed by atoms with Crippen molar-refractivity contribution in [1.29, 1.82) is 0 Å². The summed E-state index contributed by atoms with van der Waals surface area (Å²) in [5.41, 5.74) is 1.22. The van der Waals surface area contributed by atoms with Crippen molar-refractivity contribution in [3.8, 4) is 0 Å². The van der Waals surface area contributed by atoms with Gasteiger partial charge in [-0.3, -0.25) is 0 Å². The quantitative estimate of drug-likeness (QED) is 0.377. The van der Waals surface area contributed by atoms with Crippen LogP contribution in [0.15, 0.2) is 59.7 Å². The number of anilines is 1. The fraction of sp³-hybridized carbons (Fsp3) is 0.368. The number of aromatic nitrogens is 1. The van der Waals surface area contributed by atoms with Gasteiger partial charge in [0.1, 0.15) is 5.82 Å². The third kappa shape index (κ3) is 7.13. The molecule has 0 aliphatic heterocycles. The summed E-state index contributed by atoms with van der Waals surface area (Å²) in [6, 6.07) is 16.2. The van der Waals surface area contributed by atoms with Crippen molar-refractivity contribution in [2.75, 3.05) is 25.0 Å². The third-order valence-electron chi connectivity index (χ3n) is 3.47. The monoisotopic (exact) mass is 325 g/mol. The molecule has 0 aliphatic rings. The second kappa shape index (κ2) is 11.0. The first-order chi connectivity index (χ1) is 11.9. The lowest BCUT2D eigenvalue weighted by atomic mass is 10.2. The summed E-state index contributed by atoms with van der Waals surface area (Å²) in [6.07, 6.45) is 3.97. The van der Waals surface area contributed by atoms with E-state index in [1.807, 2.05) is 36.4 Å². The number of benzene rings is 1. The minimum Gasteiger partial charge on any atom is -0.370 e. The van der Waals surface area contributed by atoms with Crippen molar-refractivity contribution in [2.24, 2.45) is 4.99 Å². The molecule has 3 N–H and O–H groups in total. The van der Waals surface area contributed by atoms with Crippen molar-refractivity contribution in [3.05, 3.63) is 60.3 Å². The summed E-state index contributed by atoms with van der Waals surface area (Å²) in [7, 11) is 0. The zero-order chi connectivity index (χ0) is 16.9. The second-order valence-electron chi connectivity index (χ2n) is 5.46. The Morgan fingerprint density at radius 1 is 0.958 bits per heavy atom. The topological polar surface area (TPSA) is 61.3 Å². The number of nitrogens with one attached hydrogen (secondary N) is 3. The van der Waals surface area contributed by atoms with Crippen molar-refractivity contribution in [3.63, 3.8) is 0 Å². The molecule has 0 spiro atoms. The van der Waals surface area contributed by atoms with Crippen LogP contribution < -0.4 is 16.0 Å². The molecule has 0 fully saturated rings. The van der Waals surface area contributed by atoms with Crippen LogP contribution in [0.25, 0.3) is 0 Å². The summed E-state index contributed by atoms with van der Waals surface area (Å²) >= 11 is 0. The van der Waals surface area contributed by atoms with Gasteiger partial charge in [0.05, 0.1) is 6.54 Å². The van der Waals surface area contributed by atoms with E-state index in [9.17, 15) is 0 Å². The number of hydrogen-bond donors (Lipinski definition) is 3. The van der Waals surface area contributed by atoms with Crippen LogP contribution in [-0.2, 0) is 6.54 Å². The van der Waals surface area contributed by atoms with E-state index >= 15 is 0 Å². The van der Waals surface area contributed by atoms with Crippen LogP contribution in [0, 0.1) is 0 Å². The van der Waals surface area contributed by atoms with Gasteiger partial charge in [-0.25, -0.2) is 9.98 Å². The maximum Gasteiger partial charge on any atom is 0.191 e. The first-order valence-electron chi connectivity index (χ1n) is 8.59. The second-order valence-corrected chi connectivity index (χ2v) is 5.46. The number of pyridine rings is 1.